The van der Waals surface area contributed by atoms with Gasteiger partial charge in [0, 0.05) is 11.1 Å². The number of benzene rings is 2. The van der Waals surface area contributed by atoms with Crippen LogP contribution in [0.15, 0.2) is 77.8 Å². The van der Waals surface area contributed by atoms with Crippen LogP contribution in [-0.4, -0.2) is 38.3 Å². The Balaban J connectivity index is 1.55. The third-order valence-electron chi connectivity index (χ3n) is 6.10. The topological polar surface area (TPSA) is 108 Å². The smallest absolute Gasteiger partial charge is 0.335 e. The summed E-state index contributed by atoms with van der Waals surface area (Å²) < 4.78 is 0. The lowest BCUT2D eigenvalue weighted by Gasteiger charge is -2.22. The predicted molar refractivity (Wildman–Crippen MR) is 141 cm³/mol. The van der Waals surface area contributed by atoms with Crippen LogP contribution in [0.4, 0.5) is 0 Å². The lowest BCUT2D eigenvalue weighted by Crippen LogP contribution is -2.27. The molecule has 0 aliphatic heterocycles. The summed E-state index contributed by atoms with van der Waals surface area (Å²) in [4.78, 5) is 27.9. The molecule has 190 valence electrons. The van der Waals surface area contributed by atoms with Gasteiger partial charge in [0.25, 0.3) is 0 Å². The first kappa shape index (κ1) is 27.4. The maximum atomic E-state index is 11.7. The molecule has 2 aromatic carbocycles. The maximum Gasteiger partial charge on any atom is 0.335 e. The first-order chi connectivity index (χ1) is 17.5. The van der Waals surface area contributed by atoms with Gasteiger partial charge in [0.1, 0.15) is 0 Å². The highest BCUT2D eigenvalue weighted by Crippen LogP contribution is 2.39. The van der Waals surface area contributed by atoms with Crippen LogP contribution in [-0.2, 0) is 17.6 Å². The number of aromatic nitrogens is 1. The maximum absolute atomic E-state index is 11.7. The van der Waals surface area contributed by atoms with Gasteiger partial charge >= 0.3 is 11.9 Å². The fraction of sp³-hybridized carbons (Fsp3) is 0.345. The molecule has 2 atom stereocenters. The van der Waals surface area contributed by atoms with Gasteiger partial charge in [-0.2, -0.15) is 0 Å². The summed E-state index contributed by atoms with van der Waals surface area (Å²) in [5.41, 5.74) is 3.02. The zero-order chi connectivity index (χ0) is 25.8. The standard InChI is InChI=1S/C29H33NO5S/c31-26(29(34)35)27(36-24-18-16-23(17-19-24)28(32)33)25-22(15-10-20-30-25)14-9-4-2-1-3-6-11-21-12-7-5-8-13-21/h5,7-8,10,12-13,15-20,26-27,31H,1-4,6,9,11,14H2,(H,32,33)(H,34,35). The molecule has 3 rings (SSSR count). The largest absolute Gasteiger partial charge is 0.479 e. The van der Waals surface area contributed by atoms with Gasteiger partial charge in [0.05, 0.1) is 16.5 Å². The van der Waals surface area contributed by atoms with Gasteiger partial charge in [0.15, 0.2) is 6.10 Å². The van der Waals surface area contributed by atoms with Gasteiger partial charge in [-0.1, -0.05) is 62.1 Å². The molecule has 0 amide bonds. The van der Waals surface area contributed by atoms with E-state index in [0.29, 0.717) is 10.6 Å². The van der Waals surface area contributed by atoms with E-state index in [1.165, 1.54) is 48.7 Å². The molecule has 3 aromatic rings. The third kappa shape index (κ3) is 8.50. The van der Waals surface area contributed by atoms with Crippen molar-refractivity contribution in [3.8, 4) is 0 Å². The third-order valence-corrected chi connectivity index (χ3v) is 7.38. The number of aliphatic hydroxyl groups is 1. The number of aromatic carboxylic acids is 1. The molecule has 0 aliphatic rings. The molecule has 0 saturated carbocycles. The lowest BCUT2D eigenvalue weighted by molar-refractivity contribution is -0.146. The summed E-state index contributed by atoms with van der Waals surface area (Å²) in [7, 11) is 0. The fourth-order valence-electron chi connectivity index (χ4n) is 4.14. The highest BCUT2D eigenvalue weighted by Gasteiger charge is 2.31. The van der Waals surface area contributed by atoms with Crippen molar-refractivity contribution in [3.63, 3.8) is 0 Å². The van der Waals surface area contributed by atoms with E-state index < -0.39 is 23.3 Å². The number of carboxylic acid groups (broad SMARTS) is 2. The number of aryl methyl sites for hydroxylation is 2. The number of hydrogen-bond acceptors (Lipinski definition) is 5. The molecule has 6 nitrogen and oxygen atoms in total. The van der Waals surface area contributed by atoms with E-state index in [-0.39, 0.29) is 5.56 Å². The van der Waals surface area contributed by atoms with Crippen molar-refractivity contribution >= 4 is 23.7 Å². The molecule has 1 heterocycles. The van der Waals surface area contributed by atoms with E-state index in [0.717, 1.165) is 37.7 Å². The number of unbranched alkanes of at least 4 members (excludes halogenated alkanes) is 5. The van der Waals surface area contributed by atoms with Gasteiger partial charge in [-0.15, -0.1) is 11.8 Å². The van der Waals surface area contributed by atoms with Gasteiger partial charge in [-0.3, -0.25) is 4.98 Å². The summed E-state index contributed by atoms with van der Waals surface area (Å²) in [5.74, 6) is -2.35. The van der Waals surface area contributed by atoms with E-state index >= 15 is 0 Å². The van der Waals surface area contributed by atoms with Crippen molar-refractivity contribution in [3.05, 3.63) is 95.3 Å². The van der Waals surface area contributed by atoms with Crippen molar-refractivity contribution in [2.45, 2.75) is 67.6 Å². The van der Waals surface area contributed by atoms with Gasteiger partial charge in [-0.25, -0.2) is 9.59 Å². The summed E-state index contributed by atoms with van der Waals surface area (Å²) in [5, 5.41) is 28.3. The second-order valence-electron chi connectivity index (χ2n) is 8.81. The van der Waals surface area contributed by atoms with Crippen LogP contribution >= 0.6 is 11.8 Å². The van der Waals surface area contributed by atoms with Crippen LogP contribution in [0.5, 0.6) is 0 Å². The quantitative estimate of drug-likeness (QED) is 0.166. The van der Waals surface area contributed by atoms with E-state index in [4.69, 9.17) is 5.11 Å². The molecule has 0 saturated heterocycles. The monoisotopic (exact) mass is 507 g/mol. The second kappa shape index (κ2) is 14.4. The molecule has 0 spiro atoms. The Morgan fingerprint density at radius 1 is 0.778 bits per heavy atom. The van der Waals surface area contributed by atoms with Gasteiger partial charge < -0.3 is 15.3 Å². The Labute approximate surface area is 216 Å². The zero-order valence-corrected chi connectivity index (χ0v) is 21.1. The average Bonchev–Trinajstić information content (AvgIpc) is 2.89. The Morgan fingerprint density at radius 2 is 1.42 bits per heavy atom. The van der Waals surface area contributed by atoms with Crippen LogP contribution in [0.25, 0.3) is 0 Å². The summed E-state index contributed by atoms with van der Waals surface area (Å²) in [6.45, 7) is 0. The number of carboxylic acids is 2. The van der Waals surface area contributed by atoms with E-state index in [9.17, 15) is 19.8 Å². The van der Waals surface area contributed by atoms with Crippen molar-refractivity contribution < 1.29 is 24.9 Å². The Hall–Kier alpha value is -3.16. The number of hydrogen-bond donors (Lipinski definition) is 3. The number of aliphatic hydroxyl groups excluding tert-OH is 1. The number of nitrogens with zero attached hydrogens (tertiary/aromatic N) is 1. The first-order valence-electron chi connectivity index (χ1n) is 12.3. The normalized spacial score (nSPS) is 12.7. The van der Waals surface area contributed by atoms with Crippen molar-refractivity contribution in [2.75, 3.05) is 0 Å². The van der Waals surface area contributed by atoms with Crippen LogP contribution < -0.4 is 0 Å². The van der Waals surface area contributed by atoms with Crippen molar-refractivity contribution in [1.82, 2.24) is 4.98 Å². The summed E-state index contributed by atoms with van der Waals surface area (Å²) in [6.07, 6.45) is 8.62. The number of thioether (sulfide) groups is 1. The average molecular weight is 508 g/mol. The number of carbonyl (C=O) groups is 2. The molecule has 0 fully saturated rings. The number of pyridine rings is 1. The molecule has 0 bridgehead atoms. The molecule has 36 heavy (non-hydrogen) atoms. The highest BCUT2D eigenvalue weighted by atomic mass is 32.2. The molecule has 2 unspecified atom stereocenters. The van der Waals surface area contributed by atoms with Crippen LogP contribution in [0, 0.1) is 0 Å². The second-order valence-corrected chi connectivity index (χ2v) is 10.0. The molecule has 3 N–H and O–H groups in total. The lowest BCUT2D eigenvalue weighted by atomic mass is 10.00. The zero-order valence-electron chi connectivity index (χ0n) is 20.3. The van der Waals surface area contributed by atoms with Crippen molar-refractivity contribution in [2.24, 2.45) is 0 Å². The molecule has 0 aliphatic carbocycles. The highest BCUT2D eigenvalue weighted by molar-refractivity contribution is 7.99. The minimum atomic E-state index is -1.65. The van der Waals surface area contributed by atoms with E-state index in [1.54, 1.807) is 18.3 Å². The fourth-order valence-corrected chi connectivity index (χ4v) is 5.29. The van der Waals surface area contributed by atoms with Crippen LogP contribution in [0.2, 0.25) is 0 Å². The molecular weight excluding hydrogens is 474 g/mol. The molecular formula is C29H33NO5S. The number of rotatable bonds is 15. The molecule has 7 heteroatoms. The predicted octanol–water partition coefficient (Wildman–Crippen LogP) is 6.18. The Kier molecular flexibility index (Phi) is 11.0. The first-order valence-corrected chi connectivity index (χ1v) is 13.2. The summed E-state index contributed by atoms with van der Waals surface area (Å²) >= 11 is 1.18. The van der Waals surface area contributed by atoms with Gasteiger partial charge in [0.2, 0.25) is 0 Å². The minimum absolute atomic E-state index is 0.147. The van der Waals surface area contributed by atoms with Crippen LogP contribution in [0.1, 0.15) is 71.0 Å². The summed E-state index contributed by atoms with van der Waals surface area (Å²) in [6, 6.07) is 20.5. The Morgan fingerprint density at radius 3 is 2.06 bits per heavy atom. The number of aliphatic carboxylic acids is 1. The van der Waals surface area contributed by atoms with Gasteiger partial charge in [-0.05, 0) is 67.1 Å². The minimum Gasteiger partial charge on any atom is -0.479 e. The van der Waals surface area contributed by atoms with Crippen molar-refractivity contribution in [1.29, 1.82) is 0 Å². The van der Waals surface area contributed by atoms with Crippen LogP contribution in [0.3, 0.4) is 0 Å². The SMILES string of the molecule is O=C(O)c1ccc(SC(c2ncccc2CCCCCCCCc2ccccc2)C(O)C(=O)O)cc1. The van der Waals surface area contributed by atoms with E-state index in [1.807, 2.05) is 18.2 Å². The Bertz CT molecular complexity index is 1100. The molecule has 1 aromatic heterocycles. The van der Waals surface area contributed by atoms with E-state index in [2.05, 4.69) is 29.2 Å². The molecule has 0 radical (unpaired) electrons.